The zero-order chi connectivity index (χ0) is 20.2. The van der Waals surface area contributed by atoms with E-state index in [1.165, 1.54) is 0 Å². The monoisotopic (exact) mass is 391 g/mol. The number of methoxy groups -OCH3 is 2. The van der Waals surface area contributed by atoms with Crippen LogP contribution >= 0.6 is 0 Å². The second kappa shape index (κ2) is 8.53. The number of ether oxygens (including phenoxy) is 3. The number of hydrogen-bond donors (Lipinski definition) is 0. The first-order valence-electron chi connectivity index (χ1n) is 9.84. The van der Waals surface area contributed by atoms with Crippen LogP contribution in [0.15, 0.2) is 60.3 Å². The Balaban J connectivity index is 1.79. The largest absolute Gasteiger partial charge is 0.496 e. The quantitative estimate of drug-likeness (QED) is 0.742. The highest BCUT2D eigenvalue weighted by Gasteiger charge is 2.32. The van der Waals surface area contributed by atoms with E-state index in [1.54, 1.807) is 20.3 Å². The third kappa shape index (κ3) is 3.91. The van der Waals surface area contributed by atoms with Crippen LogP contribution in [-0.2, 0) is 9.53 Å². The van der Waals surface area contributed by atoms with Gasteiger partial charge in [-0.15, -0.1) is 0 Å². The first-order chi connectivity index (χ1) is 14.2. The van der Waals surface area contributed by atoms with E-state index in [4.69, 9.17) is 14.2 Å². The molecule has 2 heterocycles. The number of hydrogen-bond acceptors (Lipinski definition) is 4. The second-order valence-corrected chi connectivity index (χ2v) is 7.11. The van der Waals surface area contributed by atoms with E-state index >= 15 is 0 Å². The lowest BCUT2D eigenvalue weighted by molar-refractivity contribution is -0.124. The predicted octanol–water partition coefficient (Wildman–Crippen LogP) is 4.15. The van der Waals surface area contributed by atoms with Crippen LogP contribution < -0.4 is 9.47 Å². The SMILES string of the molecule is COc1ccccc1/C=C1/C(c2ccccc2OC)=CC(=O)N1CC1CCCO1. The molecule has 4 rings (SSSR count). The fraction of sp³-hybridized carbons (Fsp3) is 0.292. The van der Waals surface area contributed by atoms with Crippen molar-refractivity contribution in [1.82, 2.24) is 4.90 Å². The number of benzene rings is 2. The molecular weight excluding hydrogens is 366 g/mol. The number of para-hydroxylation sites is 2. The van der Waals surface area contributed by atoms with Gasteiger partial charge < -0.3 is 19.1 Å². The highest BCUT2D eigenvalue weighted by atomic mass is 16.5. The maximum Gasteiger partial charge on any atom is 0.251 e. The molecule has 0 saturated carbocycles. The highest BCUT2D eigenvalue weighted by Crippen LogP contribution is 2.39. The fourth-order valence-corrected chi connectivity index (χ4v) is 3.89. The van der Waals surface area contributed by atoms with E-state index in [0.717, 1.165) is 53.3 Å². The van der Waals surface area contributed by atoms with Gasteiger partial charge in [-0.05, 0) is 31.1 Å². The molecular formula is C24H25NO4. The highest BCUT2D eigenvalue weighted by molar-refractivity contribution is 6.09. The van der Waals surface area contributed by atoms with Gasteiger partial charge in [-0.3, -0.25) is 4.79 Å². The van der Waals surface area contributed by atoms with E-state index in [1.807, 2.05) is 59.5 Å². The molecule has 5 nitrogen and oxygen atoms in total. The number of amides is 1. The smallest absolute Gasteiger partial charge is 0.251 e. The molecule has 1 fully saturated rings. The molecule has 2 aromatic rings. The molecule has 1 amide bonds. The van der Waals surface area contributed by atoms with Gasteiger partial charge in [0.15, 0.2) is 0 Å². The van der Waals surface area contributed by atoms with E-state index < -0.39 is 0 Å². The first-order valence-corrected chi connectivity index (χ1v) is 9.84. The van der Waals surface area contributed by atoms with Crippen LogP contribution in [0.25, 0.3) is 11.6 Å². The van der Waals surface area contributed by atoms with Crippen molar-refractivity contribution in [2.45, 2.75) is 18.9 Å². The van der Waals surface area contributed by atoms with Crippen LogP contribution in [0, 0.1) is 0 Å². The summed E-state index contributed by atoms with van der Waals surface area (Å²) in [6, 6.07) is 15.6. The van der Waals surface area contributed by atoms with E-state index in [9.17, 15) is 4.79 Å². The predicted molar refractivity (Wildman–Crippen MR) is 113 cm³/mol. The Labute approximate surface area is 171 Å². The molecule has 0 bridgehead atoms. The topological polar surface area (TPSA) is 48.0 Å². The number of rotatable bonds is 6. The second-order valence-electron chi connectivity index (χ2n) is 7.11. The molecule has 1 atom stereocenters. The van der Waals surface area contributed by atoms with Gasteiger partial charge in [-0.25, -0.2) is 0 Å². The number of nitrogens with zero attached hydrogens (tertiary/aromatic N) is 1. The van der Waals surface area contributed by atoms with Crippen molar-refractivity contribution in [3.63, 3.8) is 0 Å². The first kappa shape index (κ1) is 19.3. The summed E-state index contributed by atoms with van der Waals surface area (Å²) in [5.74, 6) is 1.45. The number of carbonyl (C=O) groups is 1. The maximum absolute atomic E-state index is 13.0. The van der Waals surface area contributed by atoms with Gasteiger partial charge >= 0.3 is 0 Å². The summed E-state index contributed by atoms with van der Waals surface area (Å²) < 4.78 is 16.9. The summed E-state index contributed by atoms with van der Waals surface area (Å²) in [7, 11) is 3.29. The lowest BCUT2D eigenvalue weighted by Crippen LogP contribution is -2.32. The Morgan fingerprint density at radius 3 is 2.52 bits per heavy atom. The van der Waals surface area contributed by atoms with E-state index in [0.29, 0.717) is 6.54 Å². The van der Waals surface area contributed by atoms with Crippen LogP contribution in [0.1, 0.15) is 24.0 Å². The molecule has 2 aliphatic rings. The Bertz CT molecular complexity index is 957. The fourth-order valence-electron chi connectivity index (χ4n) is 3.89. The van der Waals surface area contributed by atoms with Crippen molar-refractivity contribution in [3.8, 4) is 11.5 Å². The van der Waals surface area contributed by atoms with Crippen molar-refractivity contribution in [3.05, 3.63) is 71.4 Å². The van der Waals surface area contributed by atoms with Crippen molar-refractivity contribution < 1.29 is 19.0 Å². The minimum absolute atomic E-state index is 0.0393. The van der Waals surface area contributed by atoms with Gasteiger partial charge in [0.25, 0.3) is 5.91 Å². The standard InChI is InChI=1S/C24H25NO4/c1-27-22-11-5-3-8-17(22)14-21-20(19-10-4-6-12-23(19)28-2)15-24(26)25(21)16-18-9-7-13-29-18/h3-6,8,10-12,14-15,18H,7,9,13,16H2,1-2H3/b21-14-. The lowest BCUT2D eigenvalue weighted by Gasteiger charge is -2.24. The maximum atomic E-state index is 13.0. The van der Waals surface area contributed by atoms with E-state index in [2.05, 4.69) is 0 Å². The zero-order valence-corrected chi connectivity index (χ0v) is 16.8. The number of carbonyl (C=O) groups excluding carboxylic acids is 1. The summed E-state index contributed by atoms with van der Waals surface area (Å²) >= 11 is 0. The Kier molecular flexibility index (Phi) is 5.67. The summed E-state index contributed by atoms with van der Waals surface area (Å²) in [5.41, 5.74) is 3.48. The van der Waals surface area contributed by atoms with Gasteiger partial charge in [0.2, 0.25) is 0 Å². The molecule has 2 aromatic carbocycles. The lowest BCUT2D eigenvalue weighted by atomic mass is 10.0. The van der Waals surface area contributed by atoms with Crippen molar-refractivity contribution in [2.75, 3.05) is 27.4 Å². The zero-order valence-electron chi connectivity index (χ0n) is 16.8. The van der Waals surface area contributed by atoms with E-state index in [-0.39, 0.29) is 12.0 Å². The summed E-state index contributed by atoms with van der Waals surface area (Å²) in [4.78, 5) is 14.8. The van der Waals surface area contributed by atoms with Crippen LogP contribution in [-0.4, -0.2) is 44.3 Å². The normalized spacial score (nSPS) is 20.3. The minimum atomic E-state index is -0.0393. The van der Waals surface area contributed by atoms with Crippen molar-refractivity contribution in [1.29, 1.82) is 0 Å². The molecule has 1 saturated heterocycles. The molecule has 5 heteroatoms. The van der Waals surface area contributed by atoms with Gasteiger partial charge in [-0.1, -0.05) is 36.4 Å². The molecule has 2 aliphatic heterocycles. The summed E-state index contributed by atoms with van der Waals surface area (Å²) in [6.07, 6.45) is 5.76. The minimum Gasteiger partial charge on any atom is -0.496 e. The average molecular weight is 391 g/mol. The van der Waals surface area contributed by atoms with Crippen LogP contribution in [0.5, 0.6) is 11.5 Å². The van der Waals surface area contributed by atoms with Gasteiger partial charge in [0, 0.05) is 29.4 Å². The van der Waals surface area contributed by atoms with Crippen LogP contribution in [0.3, 0.4) is 0 Å². The molecule has 1 unspecified atom stereocenters. The number of allylic oxidation sites excluding steroid dienone is 1. The van der Waals surface area contributed by atoms with Crippen LogP contribution in [0.2, 0.25) is 0 Å². The van der Waals surface area contributed by atoms with Gasteiger partial charge in [0.05, 0.1) is 32.6 Å². The summed E-state index contributed by atoms with van der Waals surface area (Å²) in [5, 5.41) is 0. The Morgan fingerprint density at radius 1 is 1.07 bits per heavy atom. The third-order valence-electron chi connectivity index (χ3n) is 5.34. The molecule has 0 spiro atoms. The van der Waals surface area contributed by atoms with Crippen molar-refractivity contribution >= 4 is 17.6 Å². The van der Waals surface area contributed by atoms with Gasteiger partial charge in [0.1, 0.15) is 11.5 Å². The Morgan fingerprint density at radius 2 is 1.79 bits per heavy atom. The summed E-state index contributed by atoms with van der Waals surface area (Å²) in [6.45, 7) is 1.29. The molecule has 0 aliphatic carbocycles. The van der Waals surface area contributed by atoms with Crippen LogP contribution in [0.4, 0.5) is 0 Å². The third-order valence-corrected chi connectivity index (χ3v) is 5.34. The molecule has 29 heavy (non-hydrogen) atoms. The Hall–Kier alpha value is -3.05. The van der Waals surface area contributed by atoms with Crippen molar-refractivity contribution in [2.24, 2.45) is 0 Å². The average Bonchev–Trinajstić information content (AvgIpc) is 3.38. The van der Waals surface area contributed by atoms with Gasteiger partial charge in [-0.2, -0.15) is 0 Å². The molecule has 0 radical (unpaired) electrons. The molecule has 0 aromatic heterocycles. The molecule has 0 N–H and O–H groups in total. The molecule has 150 valence electrons.